The minimum atomic E-state index is -0.225. The lowest BCUT2D eigenvalue weighted by Gasteiger charge is -2.02. The van der Waals surface area contributed by atoms with Crippen LogP contribution in [0.4, 0.5) is 0 Å². The van der Waals surface area contributed by atoms with Crippen molar-refractivity contribution in [2.24, 2.45) is 0 Å². The summed E-state index contributed by atoms with van der Waals surface area (Å²) in [5.74, 6) is 0.582. The largest absolute Gasteiger partial charge is 0.348 e. The summed E-state index contributed by atoms with van der Waals surface area (Å²) < 4.78 is 2.56. The number of rotatable bonds is 3. The second-order valence-corrected chi connectivity index (χ2v) is 5.97. The molecule has 1 heterocycles. The number of hydrogen-bond acceptors (Lipinski definition) is 2. The van der Waals surface area contributed by atoms with Gasteiger partial charge in [-0.25, -0.2) is 4.79 Å². The summed E-state index contributed by atoms with van der Waals surface area (Å²) in [5, 5.41) is 4.40. The van der Waals surface area contributed by atoms with Gasteiger partial charge in [0.05, 0.1) is 5.69 Å². The second-order valence-electron chi connectivity index (χ2n) is 4.72. The van der Waals surface area contributed by atoms with E-state index >= 15 is 0 Å². The third-order valence-corrected chi connectivity index (χ3v) is 4.02. The smallest absolute Gasteiger partial charge is 0.288 e. The van der Waals surface area contributed by atoms with Gasteiger partial charge in [0.15, 0.2) is 5.82 Å². The van der Waals surface area contributed by atoms with Gasteiger partial charge < -0.3 is 0 Å². The predicted octanol–water partition coefficient (Wildman–Crippen LogP) is 3.39. The molecule has 0 aliphatic rings. The number of H-pyrrole nitrogens is 1. The summed E-state index contributed by atoms with van der Waals surface area (Å²) in [7, 11) is 0. The van der Waals surface area contributed by atoms with Gasteiger partial charge >= 0.3 is 5.69 Å². The number of halogens is 1. The molecule has 5 heteroatoms. The molecule has 0 bridgehead atoms. The molecule has 0 saturated carbocycles. The van der Waals surface area contributed by atoms with Crippen LogP contribution in [0.3, 0.4) is 0 Å². The molecule has 3 rings (SSSR count). The van der Waals surface area contributed by atoms with E-state index in [1.807, 2.05) is 48.5 Å². The van der Waals surface area contributed by atoms with Crippen molar-refractivity contribution in [3.63, 3.8) is 0 Å². The highest BCUT2D eigenvalue weighted by Crippen LogP contribution is 2.16. The molecular formula is C16H14IN3O. The van der Waals surface area contributed by atoms with Crippen LogP contribution >= 0.6 is 22.6 Å². The third-order valence-electron chi connectivity index (χ3n) is 3.30. The molecule has 4 nitrogen and oxygen atoms in total. The number of aromatic nitrogens is 3. The van der Waals surface area contributed by atoms with Crippen LogP contribution in [-0.4, -0.2) is 14.8 Å². The second kappa shape index (κ2) is 5.85. The first-order valence-corrected chi connectivity index (χ1v) is 7.80. The van der Waals surface area contributed by atoms with Crippen LogP contribution in [0.5, 0.6) is 0 Å². The van der Waals surface area contributed by atoms with Gasteiger partial charge in [0.1, 0.15) is 0 Å². The molecule has 2 aromatic carbocycles. The minimum absolute atomic E-state index is 0.225. The van der Waals surface area contributed by atoms with E-state index in [0.29, 0.717) is 5.82 Å². The fourth-order valence-electron chi connectivity index (χ4n) is 2.15. The molecule has 0 aliphatic heterocycles. The normalized spacial score (nSPS) is 10.8. The molecule has 0 saturated heterocycles. The summed E-state index contributed by atoms with van der Waals surface area (Å²) in [6.07, 6.45) is 0.928. The van der Waals surface area contributed by atoms with Crippen LogP contribution in [0.15, 0.2) is 53.3 Å². The average Bonchev–Trinajstić information content (AvgIpc) is 2.90. The molecule has 1 N–H and O–H groups in total. The molecule has 0 fully saturated rings. The molecule has 0 radical (unpaired) electrons. The summed E-state index contributed by atoms with van der Waals surface area (Å²) in [5.41, 5.74) is 2.64. The summed E-state index contributed by atoms with van der Waals surface area (Å²) >= 11 is 2.25. The summed E-state index contributed by atoms with van der Waals surface area (Å²) in [6.45, 7) is 2.09. The van der Waals surface area contributed by atoms with E-state index in [1.165, 1.54) is 10.2 Å². The number of benzene rings is 2. The Morgan fingerprint density at radius 1 is 1.19 bits per heavy atom. The molecule has 0 spiro atoms. The molecule has 0 atom stereocenters. The zero-order valence-electron chi connectivity index (χ0n) is 11.5. The Morgan fingerprint density at radius 3 is 2.67 bits per heavy atom. The lowest BCUT2D eigenvalue weighted by Crippen LogP contribution is -2.15. The van der Waals surface area contributed by atoms with Crippen molar-refractivity contribution >= 4 is 22.6 Å². The van der Waals surface area contributed by atoms with Crippen LogP contribution in [0.2, 0.25) is 0 Å². The first kappa shape index (κ1) is 14.1. The molecule has 0 amide bonds. The molecule has 21 heavy (non-hydrogen) atoms. The van der Waals surface area contributed by atoms with Gasteiger partial charge in [-0.2, -0.15) is 4.68 Å². The van der Waals surface area contributed by atoms with E-state index in [9.17, 15) is 4.79 Å². The fraction of sp³-hybridized carbons (Fsp3) is 0.125. The number of nitrogens with zero attached hydrogens (tertiary/aromatic N) is 2. The Bertz CT molecular complexity index is 818. The quantitative estimate of drug-likeness (QED) is 0.696. The zero-order chi connectivity index (χ0) is 14.8. The maximum absolute atomic E-state index is 12.1. The number of aromatic amines is 1. The molecule has 106 valence electrons. The first-order valence-electron chi connectivity index (χ1n) is 6.72. The number of hydrogen-bond donors (Lipinski definition) is 1. The fourth-order valence-corrected chi connectivity index (χ4v) is 2.51. The van der Waals surface area contributed by atoms with Crippen molar-refractivity contribution in [2.75, 3.05) is 0 Å². The maximum atomic E-state index is 12.1. The van der Waals surface area contributed by atoms with Gasteiger partial charge in [0.25, 0.3) is 0 Å². The molecular weight excluding hydrogens is 377 g/mol. The first-order chi connectivity index (χ1) is 10.2. The predicted molar refractivity (Wildman–Crippen MR) is 91.7 cm³/mol. The third kappa shape index (κ3) is 2.92. The topological polar surface area (TPSA) is 50.7 Å². The van der Waals surface area contributed by atoms with Crippen LogP contribution in [0, 0.1) is 3.57 Å². The monoisotopic (exact) mass is 391 g/mol. The van der Waals surface area contributed by atoms with Gasteiger partial charge in [-0.05, 0) is 58.8 Å². The highest BCUT2D eigenvalue weighted by molar-refractivity contribution is 14.1. The van der Waals surface area contributed by atoms with E-state index in [4.69, 9.17) is 0 Å². The van der Waals surface area contributed by atoms with Crippen LogP contribution in [-0.2, 0) is 6.42 Å². The number of nitrogens with one attached hydrogen (secondary N) is 1. The van der Waals surface area contributed by atoms with Crippen molar-refractivity contribution in [1.29, 1.82) is 0 Å². The van der Waals surface area contributed by atoms with E-state index in [1.54, 1.807) is 0 Å². The average molecular weight is 391 g/mol. The Morgan fingerprint density at radius 2 is 1.95 bits per heavy atom. The van der Waals surface area contributed by atoms with Gasteiger partial charge in [-0.3, -0.25) is 4.98 Å². The highest BCUT2D eigenvalue weighted by atomic mass is 127. The number of aryl methyl sites for hydroxylation is 1. The van der Waals surface area contributed by atoms with E-state index < -0.39 is 0 Å². The van der Waals surface area contributed by atoms with Crippen LogP contribution < -0.4 is 5.69 Å². The molecule has 0 aliphatic carbocycles. The minimum Gasteiger partial charge on any atom is -0.288 e. The summed E-state index contributed by atoms with van der Waals surface area (Å²) in [6, 6.07) is 15.7. The van der Waals surface area contributed by atoms with E-state index in [-0.39, 0.29) is 5.69 Å². The van der Waals surface area contributed by atoms with E-state index in [0.717, 1.165) is 21.2 Å². The van der Waals surface area contributed by atoms with Crippen molar-refractivity contribution in [3.05, 3.63) is 68.1 Å². The Balaban J connectivity index is 2.05. The van der Waals surface area contributed by atoms with Gasteiger partial charge in [0.2, 0.25) is 0 Å². The van der Waals surface area contributed by atoms with Crippen LogP contribution in [0.1, 0.15) is 12.5 Å². The van der Waals surface area contributed by atoms with Gasteiger partial charge in [-0.1, -0.05) is 31.2 Å². The maximum Gasteiger partial charge on any atom is 0.348 e. The van der Waals surface area contributed by atoms with Crippen molar-refractivity contribution < 1.29 is 0 Å². The van der Waals surface area contributed by atoms with Crippen molar-refractivity contribution in [1.82, 2.24) is 14.8 Å². The zero-order valence-corrected chi connectivity index (χ0v) is 13.7. The molecule has 0 unspecified atom stereocenters. The lowest BCUT2D eigenvalue weighted by atomic mass is 10.1. The summed E-state index contributed by atoms with van der Waals surface area (Å²) in [4.78, 5) is 14.9. The van der Waals surface area contributed by atoms with Gasteiger partial charge in [-0.15, -0.1) is 5.10 Å². The SMILES string of the molecule is CCc1cccc(-n2nc(-c3ccc(I)cc3)[nH]c2=O)c1. The standard InChI is InChI=1S/C16H14IN3O/c1-2-11-4-3-5-14(10-11)20-16(21)18-15(19-20)12-6-8-13(17)9-7-12/h3-10H,2H2,1H3,(H,18,19,21). The molecule has 1 aromatic heterocycles. The van der Waals surface area contributed by atoms with Crippen molar-refractivity contribution in [2.45, 2.75) is 13.3 Å². The van der Waals surface area contributed by atoms with Crippen LogP contribution in [0.25, 0.3) is 17.1 Å². The van der Waals surface area contributed by atoms with E-state index in [2.05, 4.69) is 39.6 Å². The lowest BCUT2D eigenvalue weighted by molar-refractivity contribution is 0.842. The van der Waals surface area contributed by atoms with Gasteiger partial charge in [0, 0.05) is 9.13 Å². The Labute approximate surface area is 136 Å². The highest BCUT2D eigenvalue weighted by Gasteiger charge is 2.09. The Kier molecular flexibility index (Phi) is 3.92. The molecule has 3 aromatic rings. The van der Waals surface area contributed by atoms with Crippen molar-refractivity contribution in [3.8, 4) is 17.1 Å². The Hall–Kier alpha value is -1.89.